The Kier molecular flexibility index (Phi) is 3.83. The molecule has 1 aromatic rings. The topological polar surface area (TPSA) is 55.8 Å². The Balaban J connectivity index is 2.74. The summed E-state index contributed by atoms with van der Waals surface area (Å²) in [5, 5.41) is 9.22. The highest BCUT2D eigenvalue weighted by atomic mass is 31.1. The van der Waals surface area contributed by atoms with Gasteiger partial charge in [-0.2, -0.15) is 0 Å². The predicted octanol–water partition coefficient (Wildman–Crippen LogP) is 1.91. The highest BCUT2D eigenvalue weighted by Gasteiger charge is 2.04. The molecule has 1 rings (SSSR count). The van der Waals surface area contributed by atoms with Crippen molar-refractivity contribution in [3.05, 3.63) is 29.8 Å². The summed E-state index contributed by atoms with van der Waals surface area (Å²) < 4.78 is 19.4. The van der Waals surface area contributed by atoms with Crippen LogP contribution in [-0.2, 0) is 9.30 Å². The SMILES string of the molecule is COC(O)c1ccc(OP=O)cc1. The van der Waals surface area contributed by atoms with Crippen molar-refractivity contribution in [2.24, 2.45) is 0 Å². The Hall–Kier alpha value is -0.960. The third-order valence-corrected chi connectivity index (χ3v) is 1.82. The zero-order valence-electron chi connectivity index (χ0n) is 7.01. The molecule has 0 heterocycles. The number of hydrogen-bond acceptors (Lipinski definition) is 4. The number of methoxy groups -OCH3 is 1. The maximum absolute atomic E-state index is 10.1. The summed E-state index contributed by atoms with van der Waals surface area (Å²) in [7, 11) is 1.02. The molecule has 1 atom stereocenters. The Labute approximate surface area is 77.4 Å². The Morgan fingerprint density at radius 1 is 1.38 bits per heavy atom. The van der Waals surface area contributed by atoms with E-state index >= 15 is 0 Å². The standard InChI is InChI=1S/C8H9O4P/c1-11-8(9)6-2-4-7(5-3-6)12-13-10/h2-5,8-9H,1H3. The van der Waals surface area contributed by atoms with Gasteiger partial charge in [0.25, 0.3) is 0 Å². The lowest BCUT2D eigenvalue weighted by molar-refractivity contribution is -0.0769. The molecule has 0 amide bonds. The van der Waals surface area contributed by atoms with E-state index in [-0.39, 0.29) is 0 Å². The van der Waals surface area contributed by atoms with E-state index in [1.165, 1.54) is 7.11 Å². The second-order valence-electron chi connectivity index (χ2n) is 2.32. The third-order valence-electron chi connectivity index (χ3n) is 1.53. The summed E-state index contributed by atoms with van der Waals surface area (Å²) in [6.07, 6.45) is -0.932. The molecule has 0 aliphatic rings. The van der Waals surface area contributed by atoms with Crippen molar-refractivity contribution in [1.82, 2.24) is 0 Å². The first-order valence-electron chi connectivity index (χ1n) is 3.58. The molecule has 1 unspecified atom stereocenters. The molecule has 0 bridgehead atoms. The van der Waals surface area contributed by atoms with Gasteiger partial charge in [0.15, 0.2) is 6.29 Å². The van der Waals surface area contributed by atoms with Crippen LogP contribution < -0.4 is 4.52 Å². The molecular formula is C8H9O4P. The van der Waals surface area contributed by atoms with Gasteiger partial charge in [0.05, 0.1) is 0 Å². The maximum atomic E-state index is 10.1. The summed E-state index contributed by atoms with van der Waals surface area (Å²) in [5.74, 6) is 0.476. The Morgan fingerprint density at radius 2 is 2.00 bits per heavy atom. The van der Waals surface area contributed by atoms with Crippen LogP contribution in [0, 0.1) is 0 Å². The quantitative estimate of drug-likeness (QED) is 0.595. The van der Waals surface area contributed by atoms with Crippen LogP contribution in [-0.4, -0.2) is 12.2 Å². The van der Waals surface area contributed by atoms with E-state index in [9.17, 15) is 9.67 Å². The van der Waals surface area contributed by atoms with Crippen LogP contribution in [0.2, 0.25) is 0 Å². The van der Waals surface area contributed by atoms with Crippen LogP contribution >= 0.6 is 8.69 Å². The fraction of sp³-hybridized carbons (Fsp3) is 0.250. The van der Waals surface area contributed by atoms with Crippen molar-refractivity contribution in [3.8, 4) is 5.75 Å². The van der Waals surface area contributed by atoms with Gasteiger partial charge in [-0.15, -0.1) is 0 Å². The molecule has 0 spiro atoms. The second-order valence-corrected chi connectivity index (χ2v) is 2.65. The number of hydrogen-bond donors (Lipinski definition) is 1. The van der Waals surface area contributed by atoms with Gasteiger partial charge in [-0.25, -0.2) is 4.57 Å². The smallest absolute Gasteiger partial charge is 0.395 e. The highest BCUT2D eigenvalue weighted by Crippen LogP contribution is 2.19. The molecule has 0 fully saturated rings. The molecule has 0 aromatic heterocycles. The highest BCUT2D eigenvalue weighted by molar-refractivity contribution is 7.17. The van der Waals surface area contributed by atoms with Gasteiger partial charge in [0.1, 0.15) is 5.75 Å². The summed E-state index contributed by atoms with van der Waals surface area (Å²) >= 11 is 0. The van der Waals surface area contributed by atoms with Crippen LogP contribution in [0.15, 0.2) is 24.3 Å². The van der Waals surface area contributed by atoms with E-state index < -0.39 is 15.0 Å². The van der Waals surface area contributed by atoms with Gasteiger partial charge in [-0.1, -0.05) is 12.1 Å². The number of benzene rings is 1. The summed E-state index contributed by atoms with van der Waals surface area (Å²) in [4.78, 5) is 0. The van der Waals surface area contributed by atoms with E-state index in [2.05, 4.69) is 9.26 Å². The van der Waals surface area contributed by atoms with E-state index in [0.29, 0.717) is 11.3 Å². The summed E-state index contributed by atoms with van der Waals surface area (Å²) in [5.41, 5.74) is 0.623. The lowest BCUT2D eigenvalue weighted by Crippen LogP contribution is -1.98. The van der Waals surface area contributed by atoms with Crippen LogP contribution in [0.25, 0.3) is 0 Å². The van der Waals surface area contributed by atoms with Crippen molar-refractivity contribution in [2.75, 3.05) is 7.11 Å². The van der Waals surface area contributed by atoms with Gasteiger partial charge in [0.2, 0.25) is 0 Å². The van der Waals surface area contributed by atoms with Gasteiger partial charge in [-0.3, -0.25) is 0 Å². The fourth-order valence-corrected chi connectivity index (χ4v) is 1.08. The van der Waals surface area contributed by atoms with Gasteiger partial charge >= 0.3 is 8.69 Å². The molecule has 1 N–H and O–H groups in total. The van der Waals surface area contributed by atoms with Crippen molar-refractivity contribution in [1.29, 1.82) is 0 Å². The number of rotatable bonds is 4. The molecule has 0 radical (unpaired) electrons. The molecule has 5 heteroatoms. The minimum atomic E-state index is -0.932. The van der Waals surface area contributed by atoms with Crippen LogP contribution in [0.5, 0.6) is 5.75 Å². The Morgan fingerprint density at radius 3 is 2.46 bits per heavy atom. The van der Waals surface area contributed by atoms with E-state index in [1.807, 2.05) is 0 Å². The van der Waals surface area contributed by atoms with Gasteiger partial charge < -0.3 is 14.4 Å². The number of aliphatic hydroxyl groups is 1. The summed E-state index contributed by atoms with van der Waals surface area (Å²) in [6, 6.07) is 6.47. The monoisotopic (exact) mass is 200 g/mol. The number of aliphatic hydroxyl groups excluding tert-OH is 1. The van der Waals surface area contributed by atoms with E-state index in [1.54, 1.807) is 24.3 Å². The van der Waals surface area contributed by atoms with Crippen LogP contribution in [0.3, 0.4) is 0 Å². The second kappa shape index (κ2) is 4.92. The molecule has 4 nitrogen and oxygen atoms in total. The molecule has 70 valence electrons. The lowest BCUT2D eigenvalue weighted by atomic mass is 10.2. The fourth-order valence-electron chi connectivity index (χ4n) is 0.872. The van der Waals surface area contributed by atoms with Gasteiger partial charge in [0, 0.05) is 12.7 Å². The largest absolute Gasteiger partial charge is 0.408 e. The minimum absolute atomic E-state index is 0.393. The van der Waals surface area contributed by atoms with E-state index in [4.69, 9.17) is 0 Å². The number of ether oxygens (including phenoxy) is 1. The molecular weight excluding hydrogens is 191 g/mol. The normalized spacial score (nSPS) is 12.8. The minimum Gasteiger partial charge on any atom is -0.408 e. The van der Waals surface area contributed by atoms with Crippen molar-refractivity contribution in [3.63, 3.8) is 0 Å². The Bertz CT molecular complexity index is 272. The first-order valence-corrected chi connectivity index (χ1v) is 4.31. The van der Waals surface area contributed by atoms with Crippen LogP contribution in [0.1, 0.15) is 11.9 Å². The molecule has 0 aliphatic heterocycles. The molecule has 1 aromatic carbocycles. The van der Waals surface area contributed by atoms with Crippen molar-refractivity contribution < 1.29 is 18.9 Å². The first kappa shape index (κ1) is 10.1. The summed E-state index contributed by atoms with van der Waals surface area (Å²) in [6.45, 7) is 0. The first-order chi connectivity index (χ1) is 6.27. The molecule has 13 heavy (non-hydrogen) atoms. The average molecular weight is 200 g/mol. The lowest BCUT2D eigenvalue weighted by Gasteiger charge is -2.08. The molecule has 0 saturated carbocycles. The predicted molar refractivity (Wildman–Crippen MR) is 46.6 cm³/mol. The van der Waals surface area contributed by atoms with E-state index in [0.717, 1.165) is 0 Å². The maximum Gasteiger partial charge on any atom is 0.395 e. The zero-order valence-corrected chi connectivity index (χ0v) is 7.90. The molecule has 0 aliphatic carbocycles. The zero-order chi connectivity index (χ0) is 9.68. The van der Waals surface area contributed by atoms with Crippen molar-refractivity contribution in [2.45, 2.75) is 6.29 Å². The van der Waals surface area contributed by atoms with Crippen molar-refractivity contribution >= 4 is 8.69 Å². The average Bonchev–Trinajstić information content (AvgIpc) is 2.18. The molecule has 0 saturated heterocycles. The van der Waals surface area contributed by atoms with Gasteiger partial charge in [-0.05, 0) is 12.1 Å². The van der Waals surface area contributed by atoms with Crippen LogP contribution in [0.4, 0.5) is 0 Å². The third kappa shape index (κ3) is 2.77.